The van der Waals surface area contributed by atoms with Crippen LogP contribution in [0.15, 0.2) is 48.5 Å². The van der Waals surface area contributed by atoms with Gasteiger partial charge in [-0.15, -0.1) is 0 Å². The zero-order valence-electron chi connectivity index (χ0n) is 14.4. The van der Waals surface area contributed by atoms with Crippen LogP contribution in [-0.2, 0) is 0 Å². The second-order valence-electron chi connectivity index (χ2n) is 5.62. The topological polar surface area (TPSA) is 47.6 Å². The van der Waals surface area contributed by atoms with Gasteiger partial charge in [-0.1, -0.05) is 32.3 Å². The van der Waals surface area contributed by atoms with Gasteiger partial charge in [-0.25, -0.2) is 0 Å². The molecule has 2 rings (SSSR count). The van der Waals surface area contributed by atoms with Crippen LogP contribution >= 0.6 is 0 Å². The minimum absolute atomic E-state index is 0.155. The van der Waals surface area contributed by atoms with Crippen molar-refractivity contribution in [2.24, 2.45) is 0 Å². The molecule has 0 aliphatic heterocycles. The Kier molecular flexibility index (Phi) is 7.15. The largest absolute Gasteiger partial charge is 0.497 e. The van der Waals surface area contributed by atoms with E-state index in [0.29, 0.717) is 17.0 Å². The average Bonchev–Trinajstić information content (AvgIpc) is 2.62. The van der Waals surface area contributed by atoms with Crippen LogP contribution in [0.2, 0.25) is 0 Å². The summed E-state index contributed by atoms with van der Waals surface area (Å²) in [6.07, 6.45) is 4.72. The molecule has 2 aromatic carbocycles. The molecular weight excluding hydrogens is 302 g/mol. The Labute approximate surface area is 143 Å². The number of rotatable bonds is 9. The SMILES string of the molecule is CCCCCCOc1ccc(C(=O)Nc2cccc(OC)c2)cc1. The highest BCUT2D eigenvalue weighted by atomic mass is 16.5. The van der Waals surface area contributed by atoms with Gasteiger partial charge in [0.2, 0.25) is 0 Å². The van der Waals surface area contributed by atoms with E-state index in [1.165, 1.54) is 19.3 Å². The maximum Gasteiger partial charge on any atom is 0.255 e. The van der Waals surface area contributed by atoms with Crippen molar-refractivity contribution >= 4 is 11.6 Å². The van der Waals surface area contributed by atoms with Gasteiger partial charge in [0, 0.05) is 17.3 Å². The highest BCUT2D eigenvalue weighted by molar-refractivity contribution is 6.04. The molecule has 0 fully saturated rings. The van der Waals surface area contributed by atoms with Crippen molar-refractivity contribution in [3.63, 3.8) is 0 Å². The molecule has 0 unspecified atom stereocenters. The first-order chi connectivity index (χ1) is 11.7. The van der Waals surface area contributed by atoms with Crippen LogP contribution in [0.1, 0.15) is 43.0 Å². The summed E-state index contributed by atoms with van der Waals surface area (Å²) in [5.74, 6) is 1.35. The summed E-state index contributed by atoms with van der Waals surface area (Å²) < 4.78 is 10.8. The summed E-state index contributed by atoms with van der Waals surface area (Å²) >= 11 is 0. The first-order valence-electron chi connectivity index (χ1n) is 8.41. The fraction of sp³-hybridized carbons (Fsp3) is 0.350. The fourth-order valence-corrected chi connectivity index (χ4v) is 2.33. The zero-order valence-corrected chi connectivity index (χ0v) is 14.4. The van der Waals surface area contributed by atoms with Gasteiger partial charge in [-0.05, 0) is 42.8 Å². The van der Waals surface area contributed by atoms with Crippen molar-refractivity contribution in [1.82, 2.24) is 0 Å². The predicted octanol–water partition coefficient (Wildman–Crippen LogP) is 4.91. The molecule has 128 valence electrons. The van der Waals surface area contributed by atoms with Crippen LogP contribution in [0, 0.1) is 0 Å². The molecule has 0 aliphatic carbocycles. The highest BCUT2D eigenvalue weighted by Gasteiger charge is 2.07. The number of methoxy groups -OCH3 is 1. The van der Waals surface area contributed by atoms with Crippen molar-refractivity contribution in [1.29, 1.82) is 0 Å². The van der Waals surface area contributed by atoms with E-state index < -0.39 is 0 Å². The van der Waals surface area contributed by atoms with Gasteiger partial charge in [0.1, 0.15) is 11.5 Å². The molecule has 2 aromatic rings. The fourth-order valence-electron chi connectivity index (χ4n) is 2.33. The summed E-state index contributed by atoms with van der Waals surface area (Å²) in [7, 11) is 1.60. The number of hydrogen-bond donors (Lipinski definition) is 1. The molecule has 0 atom stereocenters. The standard InChI is InChI=1S/C20H25NO3/c1-3-4-5-6-14-24-18-12-10-16(11-13-18)20(22)21-17-8-7-9-19(15-17)23-2/h7-13,15H,3-6,14H2,1-2H3,(H,21,22). The Morgan fingerprint density at radius 2 is 1.79 bits per heavy atom. The highest BCUT2D eigenvalue weighted by Crippen LogP contribution is 2.18. The lowest BCUT2D eigenvalue weighted by molar-refractivity contribution is 0.102. The Morgan fingerprint density at radius 3 is 2.50 bits per heavy atom. The van der Waals surface area contributed by atoms with Crippen molar-refractivity contribution in [2.75, 3.05) is 19.0 Å². The smallest absolute Gasteiger partial charge is 0.255 e. The number of nitrogens with one attached hydrogen (secondary N) is 1. The molecule has 0 spiro atoms. The number of unbranched alkanes of at least 4 members (excludes halogenated alkanes) is 3. The maximum atomic E-state index is 12.3. The third-order valence-electron chi connectivity index (χ3n) is 3.71. The molecule has 24 heavy (non-hydrogen) atoms. The molecule has 0 saturated heterocycles. The third kappa shape index (κ3) is 5.61. The van der Waals surface area contributed by atoms with Crippen molar-refractivity contribution in [2.45, 2.75) is 32.6 Å². The van der Waals surface area contributed by atoms with Crippen LogP contribution in [-0.4, -0.2) is 19.6 Å². The average molecular weight is 327 g/mol. The van der Waals surface area contributed by atoms with Gasteiger partial charge in [0.05, 0.1) is 13.7 Å². The minimum Gasteiger partial charge on any atom is -0.497 e. The quantitative estimate of drug-likeness (QED) is 0.666. The van der Waals surface area contributed by atoms with Crippen LogP contribution in [0.3, 0.4) is 0 Å². The monoisotopic (exact) mass is 327 g/mol. The van der Waals surface area contributed by atoms with Crippen LogP contribution in [0.25, 0.3) is 0 Å². The zero-order chi connectivity index (χ0) is 17.2. The van der Waals surface area contributed by atoms with Crippen LogP contribution in [0.5, 0.6) is 11.5 Å². The van der Waals surface area contributed by atoms with E-state index in [2.05, 4.69) is 12.2 Å². The number of benzene rings is 2. The van der Waals surface area contributed by atoms with Gasteiger partial charge in [0.25, 0.3) is 5.91 Å². The lowest BCUT2D eigenvalue weighted by atomic mass is 10.2. The number of ether oxygens (including phenoxy) is 2. The third-order valence-corrected chi connectivity index (χ3v) is 3.71. The molecule has 0 bridgehead atoms. The van der Waals surface area contributed by atoms with E-state index in [-0.39, 0.29) is 5.91 Å². The van der Waals surface area contributed by atoms with Crippen LogP contribution in [0.4, 0.5) is 5.69 Å². The van der Waals surface area contributed by atoms with Crippen molar-refractivity contribution in [3.05, 3.63) is 54.1 Å². The molecule has 0 heterocycles. The molecule has 4 nitrogen and oxygen atoms in total. The van der Waals surface area contributed by atoms with Gasteiger partial charge in [-0.2, -0.15) is 0 Å². The Hall–Kier alpha value is -2.49. The maximum absolute atomic E-state index is 12.3. The molecule has 1 amide bonds. The predicted molar refractivity (Wildman–Crippen MR) is 97.0 cm³/mol. The van der Waals surface area contributed by atoms with Gasteiger partial charge in [0.15, 0.2) is 0 Å². The van der Waals surface area contributed by atoms with E-state index in [0.717, 1.165) is 18.8 Å². The second-order valence-corrected chi connectivity index (χ2v) is 5.62. The minimum atomic E-state index is -0.155. The number of carbonyl (C=O) groups is 1. The molecular formula is C20H25NO3. The second kappa shape index (κ2) is 9.60. The molecule has 1 N–H and O–H groups in total. The van der Waals surface area contributed by atoms with E-state index >= 15 is 0 Å². The van der Waals surface area contributed by atoms with Gasteiger partial charge in [-0.3, -0.25) is 4.79 Å². The van der Waals surface area contributed by atoms with Crippen molar-refractivity contribution < 1.29 is 14.3 Å². The Bertz CT molecular complexity index is 638. The Balaban J connectivity index is 1.86. The van der Waals surface area contributed by atoms with E-state index in [1.54, 1.807) is 25.3 Å². The van der Waals surface area contributed by atoms with Crippen LogP contribution < -0.4 is 14.8 Å². The molecule has 0 saturated carbocycles. The number of hydrogen-bond acceptors (Lipinski definition) is 3. The molecule has 0 radical (unpaired) electrons. The summed E-state index contributed by atoms with van der Waals surface area (Å²) in [5, 5.41) is 2.86. The first kappa shape index (κ1) is 17.9. The number of carbonyl (C=O) groups excluding carboxylic acids is 1. The number of anilines is 1. The lowest BCUT2D eigenvalue weighted by Crippen LogP contribution is -2.11. The number of amides is 1. The van der Waals surface area contributed by atoms with E-state index in [1.807, 2.05) is 30.3 Å². The first-order valence-corrected chi connectivity index (χ1v) is 8.41. The molecule has 0 aliphatic rings. The summed E-state index contributed by atoms with van der Waals surface area (Å²) in [5.41, 5.74) is 1.30. The van der Waals surface area contributed by atoms with E-state index in [9.17, 15) is 4.79 Å². The molecule has 0 aromatic heterocycles. The summed E-state index contributed by atoms with van der Waals surface area (Å²) in [6, 6.07) is 14.5. The summed E-state index contributed by atoms with van der Waals surface area (Å²) in [4.78, 5) is 12.3. The molecule has 4 heteroatoms. The summed E-state index contributed by atoms with van der Waals surface area (Å²) in [6.45, 7) is 2.91. The Morgan fingerprint density at radius 1 is 1.00 bits per heavy atom. The van der Waals surface area contributed by atoms with Crippen molar-refractivity contribution in [3.8, 4) is 11.5 Å². The normalized spacial score (nSPS) is 10.2. The van der Waals surface area contributed by atoms with Gasteiger partial charge < -0.3 is 14.8 Å². The van der Waals surface area contributed by atoms with Gasteiger partial charge >= 0.3 is 0 Å². The van der Waals surface area contributed by atoms with E-state index in [4.69, 9.17) is 9.47 Å². The lowest BCUT2D eigenvalue weighted by Gasteiger charge is -2.09.